The molecular weight excluding hydrogens is 568 g/mol. The summed E-state index contributed by atoms with van der Waals surface area (Å²) in [4.78, 5) is 51.1. The van der Waals surface area contributed by atoms with Crippen molar-refractivity contribution in [3.8, 4) is 22.6 Å². The number of benzene rings is 2. The van der Waals surface area contributed by atoms with Crippen molar-refractivity contribution in [1.82, 2.24) is 24.8 Å². The summed E-state index contributed by atoms with van der Waals surface area (Å²) < 4.78 is 8.11. The summed E-state index contributed by atoms with van der Waals surface area (Å²) in [5.74, 6) is 1.14. The van der Waals surface area contributed by atoms with Gasteiger partial charge >= 0.3 is 0 Å². The fourth-order valence-corrected chi connectivity index (χ4v) is 5.25. The Morgan fingerprint density at radius 3 is 2.40 bits per heavy atom. The molecule has 5 aromatic rings. The number of rotatable bonds is 10. The van der Waals surface area contributed by atoms with Gasteiger partial charge in [0, 0.05) is 61.2 Å². The Bertz CT molecular complexity index is 1910. The highest BCUT2D eigenvalue weighted by atomic mass is 16.5. The Morgan fingerprint density at radius 2 is 1.73 bits per heavy atom. The molecule has 0 spiro atoms. The van der Waals surface area contributed by atoms with Gasteiger partial charge in [-0.2, -0.15) is 0 Å². The second kappa shape index (κ2) is 13.2. The van der Waals surface area contributed by atoms with Crippen LogP contribution in [0.5, 0.6) is 11.5 Å². The third kappa shape index (κ3) is 6.51. The van der Waals surface area contributed by atoms with Crippen LogP contribution in [0.1, 0.15) is 38.9 Å². The van der Waals surface area contributed by atoms with Crippen molar-refractivity contribution >= 4 is 28.5 Å². The van der Waals surface area contributed by atoms with Gasteiger partial charge in [0.1, 0.15) is 28.5 Å². The number of para-hydroxylation sites is 1. The number of nitrogens with zero attached hydrogens (tertiary/aromatic N) is 4. The summed E-state index contributed by atoms with van der Waals surface area (Å²) in [7, 11) is 5.58. The van der Waals surface area contributed by atoms with E-state index in [2.05, 4.69) is 15.3 Å². The first kappa shape index (κ1) is 31.2. The predicted molar refractivity (Wildman–Crippen MR) is 177 cm³/mol. The van der Waals surface area contributed by atoms with Crippen LogP contribution in [-0.4, -0.2) is 65.0 Å². The van der Waals surface area contributed by atoms with Crippen molar-refractivity contribution in [3.63, 3.8) is 0 Å². The van der Waals surface area contributed by atoms with Crippen LogP contribution in [0.4, 0.5) is 5.82 Å². The quantitative estimate of drug-likeness (QED) is 0.223. The number of anilines is 1. The third-order valence-electron chi connectivity index (χ3n) is 7.63. The number of hydrogen-bond acceptors (Lipinski definition) is 6. The molecule has 2 aromatic carbocycles. The Kier molecular flexibility index (Phi) is 9.15. The van der Waals surface area contributed by atoms with Crippen LogP contribution in [0.25, 0.3) is 22.0 Å². The zero-order chi connectivity index (χ0) is 32.2. The van der Waals surface area contributed by atoms with E-state index in [1.54, 1.807) is 42.5 Å². The average molecular weight is 607 g/mol. The molecule has 0 bridgehead atoms. The van der Waals surface area contributed by atoms with Crippen LogP contribution in [0.2, 0.25) is 0 Å². The fourth-order valence-electron chi connectivity index (χ4n) is 5.25. The Labute approximate surface area is 262 Å². The highest BCUT2D eigenvalue weighted by Crippen LogP contribution is 2.39. The van der Waals surface area contributed by atoms with E-state index in [0.29, 0.717) is 64.5 Å². The maximum Gasteiger partial charge on any atom is 0.274 e. The van der Waals surface area contributed by atoms with Gasteiger partial charge in [-0.1, -0.05) is 24.3 Å². The standard InChI is InChI=1S/C35H38N6O4/c1-7-36-33(42)28-20-26-27(21-40(6)35(44)31(26)38-28)25-15-14-24(19-29(25)45-32-22(2)11-10-12-23(32)3)34(43)41(18-17-39(4)5)30-13-8-9-16-37-30/h8-16,19-21,38H,7,17-18H2,1-6H3,(H,36,42). The molecule has 0 radical (unpaired) electrons. The second-order valence-electron chi connectivity index (χ2n) is 11.3. The monoisotopic (exact) mass is 606 g/mol. The lowest BCUT2D eigenvalue weighted by molar-refractivity contribution is 0.0950. The van der Waals surface area contributed by atoms with E-state index in [-0.39, 0.29) is 23.1 Å². The van der Waals surface area contributed by atoms with E-state index in [4.69, 9.17) is 4.74 Å². The van der Waals surface area contributed by atoms with Crippen molar-refractivity contribution < 1.29 is 14.3 Å². The van der Waals surface area contributed by atoms with Gasteiger partial charge in [0.2, 0.25) is 0 Å². The number of aromatic amines is 1. The van der Waals surface area contributed by atoms with Crippen LogP contribution in [-0.2, 0) is 7.05 Å². The van der Waals surface area contributed by atoms with Gasteiger partial charge < -0.3 is 24.5 Å². The molecule has 2 amide bonds. The van der Waals surface area contributed by atoms with Crippen LogP contribution in [0.3, 0.4) is 0 Å². The molecule has 3 aromatic heterocycles. The first-order valence-corrected chi connectivity index (χ1v) is 14.9. The molecule has 0 aliphatic rings. The lowest BCUT2D eigenvalue weighted by atomic mass is 10.00. The molecule has 0 saturated carbocycles. The Balaban J connectivity index is 1.69. The minimum atomic E-state index is -0.304. The lowest BCUT2D eigenvalue weighted by Crippen LogP contribution is -2.37. The molecule has 0 saturated heterocycles. The minimum Gasteiger partial charge on any atom is -0.456 e. The van der Waals surface area contributed by atoms with E-state index in [1.165, 1.54) is 4.57 Å². The first-order chi connectivity index (χ1) is 21.6. The van der Waals surface area contributed by atoms with Gasteiger partial charge in [-0.15, -0.1) is 0 Å². The van der Waals surface area contributed by atoms with Gasteiger partial charge in [0.25, 0.3) is 17.4 Å². The van der Waals surface area contributed by atoms with E-state index in [1.807, 2.05) is 82.2 Å². The highest BCUT2D eigenvalue weighted by molar-refractivity contribution is 6.07. The van der Waals surface area contributed by atoms with Crippen LogP contribution >= 0.6 is 0 Å². The molecule has 0 aliphatic heterocycles. The average Bonchev–Trinajstić information content (AvgIpc) is 3.48. The lowest BCUT2D eigenvalue weighted by Gasteiger charge is -2.24. The fraction of sp³-hybridized carbons (Fsp3) is 0.257. The summed E-state index contributed by atoms with van der Waals surface area (Å²) in [6, 6.07) is 18.4. The maximum absolute atomic E-state index is 14.1. The third-order valence-corrected chi connectivity index (χ3v) is 7.63. The first-order valence-electron chi connectivity index (χ1n) is 14.9. The molecule has 10 nitrogen and oxygen atoms in total. The normalized spacial score (nSPS) is 11.2. The minimum absolute atomic E-state index is 0.223. The molecule has 0 aliphatic carbocycles. The molecule has 5 rings (SSSR count). The number of pyridine rings is 2. The number of ether oxygens (including phenoxy) is 1. The zero-order valence-corrected chi connectivity index (χ0v) is 26.5. The molecule has 2 N–H and O–H groups in total. The number of H-pyrrole nitrogens is 1. The maximum atomic E-state index is 14.1. The smallest absolute Gasteiger partial charge is 0.274 e. The number of fused-ring (bicyclic) bond motifs is 1. The van der Waals surface area contributed by atoms with E-state index < -0.39 is 0 Å². The number of aryl methyl sites for hydroxylation is 3. The topological polar surface area (TPSA) is 113 Å². The Hall–Kier alpha value is -5.22. The zero-order valence-electron chi connectivity index (χ0n) is 26.5. The summed E-state index contributed by atoms with van der Waals surface area (Å²) in [6.07, 6.45) is 3.40. The summed E-state index contributed by atoms with van der Waals surface area (Å²) in [6.45, 7) is 7.30. The number of nitrogens with one attached hydrogen (secondary N) is 2. The molecule has 0 atom stereocenters. The molecule has 45 heavy (non-hydrogen) atoms. The van der Waals surface area contributed by atoms with E-state index >= 15 is 0 Å². The van der Waals surface area contributed by atoms with Gasteiger partial charge in [-0.05, 0) is 82.4 Å². The van der Waals surface area contributed by atoms with E-state index in [0.717, 1.165) is 11.1 Å². The number of hydrogen-bond donors (Lipinski definition) is 2. The number of amides is 2. The largest absolute Gasteiger partial charge is 0.456 e. The summed E-state index contributed by atoms with van der Waals surface area (Å²) in [5, 5.41) is 3.35. The summed E-state index contributed by atoms with van der Waals surface area (Å²) in [5.41, 5.74) is 3.95. The molecule has 3 heterocycles. The van der Waals surface area contributed by atoms with Gasteiger partial charge in [-0.25, -0.2) is 4.98 Å². The second-order valence-corrected chi connectivity index (χ2v) is 11.3. The van der Waals surface area contributed by atoms with Crippen LogP contribution < -0.4 is 20.5 Å². The SMILES string of the molecule is CCNC(=O)c1cc2c(-c3ccc(C(=O)N(CCN(C)C)c4ccccn4)cc3Oc3c(C)cccc3C)cn(C)c(=O)c2[nH]1. The molecule has 232 valence electrons. The van der Waals surface area contributed by atoms with Crippen molar-refractivity contribution in [3.05, 3.63) is 106 Å². The van der Waals surface area contributed by atoms with Gasteiger partial charge in [0.15, 0.2) is 0 Å². The predicted octanol–water partition coefficient (Wildman–Crippen LogP) is 5.30. The highest BCUT2D eigenvalue weighted by Gasteiger charge is 2.23. The number of carbonyl (C=O) groups is 2. The number of likely N-dealkylation sites (N-methyl/N-ethyl adjacent to an activating group) is 1. The molecule has 0 fully saturated rings. The van der Waals surface area contributed by atoms with Crippen LogP contribution in [0, 0.1) is 13.8 Å². The molecule has 10 heteroatoms. The van der Waals surface area contributed by atoms with Gasteiger partial charge in [-0.3, -0.25) is 19.3 Å². The van der Waals surface area contributed by atoms with Crippen molar-refractivity contribution in [2.45, 2.75) is 20.8 Å². The van der Waals surface area contributed by atoms with E-state index in [9.17, 15) is 14.4 Å². The molecular formula is C35H38N6O4. The molecule has 0 unspecified atom stereocenters. The number of aromatic nitrogens is 3. The van der Waals surface area contributed by atoms with Crippen molar-refractivity contribution in [2.75, 3.05) is 38.6 Å². The number of carbonyl (C=O) groups excluding carboxylic acids is 2. The van der Waals surface area contributed by atoms with Crippen molar-refractivity contribution in [1.29, 1.82) is 0 Å². The summed E-state index contributed by atoms with van der Waals surface area (Å²) >= 11 is 0. The Morgan fingerprint density at radius 1 is 0.978 bits per heavy atom. The van der Waals surface area contributed by atoms with Gasteiger partial charge in [0.05, 0.1) is 0 Å². The van der Waals surface area contributed by atoms with Crippen LogP contribution in [0.15, 0.2) is 77.9 Å². The van der Waals surface area contributed by atoms with Crippen molar-refractivity contribution in [2.24, 2.45) is 7.05 Å².